The summed E-state index contributed by atoms with van der Waals surface area (Å²) in [5, 5.41) is 3.12. The monoisotopic (exact) mass is 316 g/mol. The van der Waals surface area contributed by atoms with Gasteiger partial charge in [-0.25, -0.2) is 0 Å². The van der Waals surface area contributed by atoms with Crippen molar-refractivity contribution in [2.75, 3.05) is 11.4 Å². The van der Waals surface area contributed by atoms with Gasteiger partial charge < -0.3 is 15.0 Å². The smallest absolute Gasteiger partial charge is 0.263 e. The number of para-hydroxylation sites is 2. The zero-order valence-corrected chi connectivity index (χ0v) is 13.6. The Morgan fingerprint density at radius 3 is 2.52 bits per heavy atom. The van der Waals surface area contributed by atoms with Crippen LogP contribution in [-0.4, -0.2) is 30.5 Å². The van der Waals surface area contributed by atoms with Crippen molar-refractivity contribution in [2.45, 2.75) is 57.6 Å². The number of amides is 2. The lowest BCUT2D eigenvalue weighted by Crippen LogP contribution is -2.52. The third-order valence-corrected chi connectivity index (χ3v) is 4.65. The van der Waals surface area contributed by atoms with E-state index in [9.17, 15) is 9.59 Å². The van der Waals surface area contributed by atoms with E-state index in [1.165, 1.54) is 32.6 Å². The number of nitrogens with zero attached hydrogens (tertiary/aromatic N) is 1. The lowest BCUT2D eigenvalue weighted by molar-refractivity contribution is -0.129. The molecule has 0 saturated heterocycles. The first-order valence-corrected chi connectivity index (χ1v) is 8.49. The van der Waals surface area contributed by atoms with Crippen molar-refractivity contribution < 1.29 is 14.3 Å². The molecule has 1 heterocycles. The van der Waals surface area contributed by atoms with Gasteiger partial charge in [-0.2, -0.15) is 0 Å². The van der Waals surface area contributed by atoms with Crippen molar-refractivity contribution in [3.05, 3.63) is 24.3 Å². The Morgan fingerprint density at radius 1 is 1.13 bits per heavy atom. The van der Waals surface area contributed by atoms with E-state index in [1.54, 1.807) is 11.0 Å². The minimum atomic E-state index is -0.642. The van der Waals surface area contributed by atoms with Crippen LogP contribution in [0.15, 0.2) is 24.3 Å². The van der Waals surface area contributed by atoms with Gasteiger partial charge in [-0.3, -0.25) is 9.59 Å². The molecular weight excluding hydrogens is 292 g/mol. The van der Waals surface area contributed by atoms with Gasteiger partial charge in [0.1, 0.15) is 5.75 Å². The number of hydrogen-bond donors (Lipinski definition) is 1. The normalized spacial score (nSPS) is 21.8. The molecule has 1 aliphatic carbocycles. The second kappa shape index (κ2) is 7.02. The predicted molar refractivity (Wildman–Crippen MR) is 88.5 cm³/mol. The molecule has 5 heteroatoms. The van der Waals surface area contributed by atoms with Crippen molar-refractivity contribution in [1.82, 2.24) is 5.32 Å². The Morgan fingerprint density at radius 2 is 1.83 bits per heavy atom. The van der Waals surface area contributed by atoms with Crippen molar-refractivity contribution in [3.8, 4) is 5.75 Å². The molecule has 124 valence electrons. The third-order valence-electron chi connectivity index (χ3n) is 4.65. The molecule has 2 amide bonds. The molecule has 0 unspecified atom stereocenters. The van der Waals surface area contributed by atoms with Crippen molar-refractivity contribution >= 4 is 17.5 Å². The SMILES string of the molecule is CC(=O)N1C[C@H](C(=O)NC2CCCCCC2)Oc2ccccc21. The van der Waals surface area contributed by atoms with Crippen LogP contribution in [0.2, 0.25) is 0 Å². The molecule has 1 atom stereocenters. The van der Waals surface area contributed by atoms with Gasteiger partial charge in [0.25, 0.3) is 5.91 Å². The Kier molecular flexibility index (Phi) is 4.84. The number of rotatable bonds is 2. The summed E-state index contributed by atoms with van der Waals surface area (Å²) in [6, 6.07) is 7.59. The van der Waals surface area contributed by atoms with Gasteiger partial charge in [-0.05, 0) is 25.0 Å². The molecule has 1 aromatic carbocycles. The highest BCUT2D eigenvalue weighted by Gasteiger charge is 2.33. The summed E-state index contributed by atoms with van der Waals surface area (Å²) in [4.78, 5) is 26.1. The number of carbonyl (C=O) groups excluding carboxylic acids is 2. The van der Waals surface area contributed by atoms with Crippen LogP contribution in [0.1, 0.15) is 45.4 Å². The average molecular weight is 316 g/mol. The number of fused-ring (bicyclic) bond motifs is 1. The largest absolute Gasteiger partial charge is 0.477 e. The second-order valence-corrected chi connectivity index (χ2v) is 6.40. The highest BCUT2D eigenvalue weighted by Crippen LogP contribution is 2.33. The Bertz CT molecular complexity index is 579. The standard InChI is InChI=1S/C18H24N2O3/c1-13(21)20-12-17(23-16-11-7-6-10-15(16)20)18(22)19-14-8-4-2-3-5-9-14/h6-7,10-11,14,17H,2-5,8-9,12H2,1H3,(H,19,22)/t17-/m1/s1. The lowest BCUT2D eigenvalue weighted by atomic mass is 10.1. The van der Waals surface area contributed by atoms with E-state index < -0.39 is 6.10 Å². The molecule has 1 aromatic rings. The fourth-order valence-corrected chi connectivity index (χ4v) is 3.39. The van der Waals surface area contributed by atoms with Gasteiger partial charge in [0.2, 0.25) is 5.91 Å². The molecule has 1 fully saturated rings. The third kappa shape index (κ3) is 3.66. The quantitative estimate of drug-likeness (QED) is 0.853. The summed E-state index contributed by atoms with van der Waals surface area (Å²) in [6.45, 7) is 1.78. The van der Waals surface area contributed by atoms with Crippen molar-refractivity contribution in [2.24, 2.45) is 0 Å². The summed E-state index contributed by atoms with van der Waals surface area (Å²) in [6.07, 6.45) is 6.25. The molecule has 23 heavy (non-hydrogen) atoms. The molecule has 0 spiro atoms. The molecule has 0 bridgehead atoms. The van der Waals surface area contributed by atoms with Gasteiger partial charge in [0.05, 0.1) is 12.2 Å². The first-order chi connectivity index (χ1) is 11.1. The summed E-state index contributed by atoms with van der Waals surface area (Å²) in [7, 11) is 0. The van der Waals surface area contributed by atoms with Crippen LogP contribution in [0.25, 0.3) is 0 Å². The van der Waals surface area contributed by atoms with Crippen molar-refractivity contribution in [1.29, 1.82) is 0 Å². The molecule has 0 radical (unpaired) electrons. The summed E-state index contributed by atoms with van der Waals surface area (Å²) >= 11 is 0. The number of benzene rings is 1. The van der Waals surface area contributed by atoms with Crippen LogP contribution in [0.5, 0.6) is 5.75 Å². The maximum absolute atomic E-state index is 12.6. The van der Waals surface area contributed by atoms with Gasteiger partial charge >= 0.3 is 0 Å². The number of ether oxygens (including phenoxy) is 1. The fraction of sp³-hybridized carbons (Fsp3) is 0.556. The minimum absolute atomic E-state index is 0.0759. The minimum Gasteiger partial charge on any atom is -0.477 e. The molecular formula is C18H24N2O3. The zero-order chi connectivity index (χ0) is 16.2. The van der Waals surface area contributed by atoms with Gasteiger partial charge in [-0.1, -0.05) is 37.8 Å². The lowest BCUT2D eigenvalue weighted by Gasteiger charge is -2.34. The average Bonchev–Trinajstić information content (AvgIpc) is 2.82. The maximum Gasteiger partial charge on any atom is 0.263 e. The molecule has 1 N–H and O–H groups in total. The number of anilines is 1. The number of carbonyl (C=O) groups is 2. The maximum atomic E-state index is 12.6. The van der Waals surface area contributed by atoms with E-state index in [4.69, 9.17) is 4.74 Å². The highest BCUT2D eigenvalue weighted by atomic mass is 16.5. The van der Waals surface area contributed by atoms with E-state index in [2.05, 4.69) is 5.32 Å². The molecule has 1 saturated carbocycles. The van der Waals surface area contributed by atoms with Gasteiger partial charge in [0.15, 0.2) is 6.10 Å². The van der Waals surface area contributed by atoms with Gasteiger partial charge in [0, 0.05) is 13.0 Å². The van der Waals surface area contributed by atoms with Crippen LogP contribution in [-0.2, 0) is 9.59 Å². The topological polar surface area (TPSA) is 58.6 Å². The first kappa shape index (κ1) is 15.8. The van der Waals surface area contributed by atoms with Crippen LogP contribution >= 0.6 is 0 Å². The fourth-order valence-electron chi connectivity index (χ4n) is 3.39. The van der Waals surface area contributed by atoms with Gasteiger partial charge in [-0.15, -0.1) is 0 Å². The molecule has 2 aliphatic rings. The Labute approximate surface area is 137 Å². The molecule has 1 aliphatic heterocycles. The first-order valence-electron chi connectivity index (χ1n) is 8.49. The zero-order valence-electron chi connectivity index (χ0n) is 13.6. The number of nitrogens with one attached hydrogen (secondary N) is 1. The van der Waals surface area contributed by atoms with Crippen LogP contribution in [0.4, 0.5) is 5.69 Å². The highest BCUT2D eigenvalue weighted by molar-refractivity contribution is 5.95. The number of hydrogen-bond acceptors (Lipinski definition) is 3. The molecule has 0 aromatic heterocycles. The molecule has 5 nitrogen and oxygen atoms in total. The second-order valence-electron chi connectivity index (χ2n) is 6.40. The predicted octanol–water partition coefficient (Wildman–Crippen LogP) is 2.64. The Hall–Kier alpha value is -2.04. The molecule has 3 rings (SSSR count). The van der Waals surface area contributed by atoms with Crippen LogP contribution in [0, 0.1) is 0 Å². The van der Waals surface area contributed by atoms with Crippen molar-refractivity contribution in [3.63, 3.8) is 0 Å². The Balaban J connectivity index is 1.70. The van der Waals surface area contributed by atoms with E-state index >= 15 is 0 Å². The van der Waals surface area contributed by atoms with Crippen LogP contribution < -0.4 is 15.0 Å². The summed E-state index contributed by atoms with van der Waals surface area (Å²) in [5.74, 6) is 0.403. The van der Waals surface area contributed by atoms with E-state index in [1.807, 2.05) is 18.2 Å². The van der Waals surface area contributed by atoms with E-state index in [0.29, 0.717) is 5.75 Å². The van der Waals surface area contributed by atoms with E-state index in [0.717, 1.165) is 18.5 Å². The van der Waals surface area contributed by atoms with E-state index in [-0.39, 0.29) is 24.4 Å². The summed E-state index contributed by atoms with van der Waals surface area (Å²) < 4.78 is 5.84. The van der Waals surface area contributed by atoms with Crippen LogP contribution in [0.3, 0.4) is 0 Å². The summed E-state index contributed by atoms with van der Waals surface area (Å²) in [5.41, 5.74) is 0.735.